The second kappa shape index (κ2) is 6.21. The van der Waals surface area contributed by atoms with Gasteiger partial charge in [0.05, 0.1) is 11.4 Å². The van der Waals surface area contributed by atoms with E-state index in [9.17, 15) is 0 Å². The normalized spacial score (nSPS) is 10.6. The second-order valence-corrected chi connectivity index (χ2v) is 4.12. The SMILES string of the molecule is CCCCNCc1ccn(-c2ccccc2)n1. The molecule has 17 heavy (non-hydrogen) atoms. The lowest BCUT2D eigenvalue weighted by Crippen LogP contribution is -2.14. The number of para-hydroxylation sites is 1. The van der Waals surface area contributed by atoms with Crippen LogP contribution in [0.4, 0.5) is 0 Å². The molecule has 3 heteroatoms. The first kappa shape index (κ1) is 11.9. The van der Waals surface area contributed by atoms with Crippen LogP contribution >= 0.6 is 0 Å². The highest BCUT2D eigenvalue weighted by Gasteiger charge is 1.99. The van der Waals surface area contributed by atoms with Crippen LogP contribution in [0.25, 0.3) is 5.69 Å². The molecular weight excluding hydrogens is 210 g/mol. The molecule has 2 aromatic rings. The Hall–Kier alpha value is -1.61. The molecule has 0 saturated carbocycles. The molecule has 1 aromatic heterocycles. The Morgan fingerprint density at radius 2 is 2.00 bits per heavy atom. The van der Waals surface area contributed by atoms with Crippen LogP contribution in [-0.2, 0) is 6.54 Å². The molecule has 0 unspecified atom stereocenters. The summed E-state index contributed by atoms with van der Waals surface area (Å²) in [5.74, 6) is 0. The average molecular weight is 229 g/mol. The summed E-state index contributed by atoms with van der Waals surface area (Å²) in [5, 5.41) is 7.92. The van der Waals surface area contributed by atoms with Crippen molar-refractivity contribution in [3.05, 3.63) is 48.3 Å². The third-order valence-corrected chi connectivity index (χ3v) is 2.68. The summed E-state index contributed by atoms with van der Waals surface area (Å²) in [6.07, 6.45) is 4.46. The number of aromatic nitrogens is 2. The van der Waals surface area contributed by atoms with Gasteiger partial charge in [-0.2, -0.15) is 5.10 Å². The lowest BCUT2D eigenvalue weighted by molar-refractivity contribution is 0.628. The maximum Gasteiger partial charge on any atom is 0.0766 e. The van der Waals surface area contributed by atoms with Gasteiger partial charge in [0.25, 0.3) is 0 Å². The molecule has 1 heterocycles. The molecule has 0 aliphatic heterocycles. The Morgan fingerprint density at radius 3 is 2.76 bits per heavy atom. The van der Waals surface area contributed by atoms with Crippen LogP contribution in [-0.4, -0.2) is 16.3 Å². The van der Waals surface area contributed by atoms with Crippen LogP contribution in [0.3, 0.4) is 0 Å². The Kier molecular flexibility index (Phi) is 4.33. The van der Waals surface area contributed by atoms with Gasteiger partial charge in [0.1, 0.15) is 0 Å². The number of hydrogen-bond donors (Lipinski definition) is 1. The molecule has 0 aliphatic carbocycles. The van der Waals surface area contributed by atoms with E-state index in [0.29, 0.717) is 0 Å². The van der Waals surface area contributed by atoms with Crippen LogP contribution in [0, 0.1) is 0 Å². The summed E-state index contributed by atoms with van der Waals surface area (Å²) in [4.78, 5) is 0. The minimum Gasteiger partial charge on any atom is -0.311 e. The monoisotopic (exact) mass is 229 g/mol. The maximum absolute atomic E-state index is 4.53. The van der Waals surface area contributed by atoms with Crippen molar-refractivity contribution in [2.45, 2.75) is 26.3 Å². The van der Waals surface area contributed by atoms with E-state index >= 15 is 0 Å². The van der Waals surface area contributed by atoms with E-state index < -0.39 is 0 Å². The van der Waals surface area contributed by atoms with Crippen LogP contribution in [0.1, 0.15) is 25.5 Å². The van der Waals surface area contributed by atoms with E-state index in [2.05, 4.69) is 35.5 Å². The van der Waals surface area contributed by atoms with Gasteiger partial charge in [0.2, 0.25) is 0 Å². The van der Waals surface area contributed by atoms with Gasteiger partial charge in [-0.25, -0.2) is 4.68 Å². The number of hydrogen-bond acceptors (Lipinski definition) is 2. The molecule has 0 spiro atoms. The third kappa shape index (κ3) is 3.43. The van der Waals surface area contributed by atoms with Gasteiger partial charge in [0, 0.05) is 12.7 Å². The average Bonchev–Trinajstić information content (AvgIpc) is 2.85. The lowest BCUT2D eigenvalue weighted by Gasteiger charge is -2.01. The van der Waals surface area contributed by atoms with Gasteiger partial charge >= 0.3 is 0 Å². The first-order valence-corrected chi connectivity index (χ1v) is 6.21. The molecular formula is C14H19N3. The maximum atomic E-state index is 4.53. The Balaban J connectivity index is 1.92. The zero-order chi connectivity index (χ0) is 11.9. The molecule has 0 saturated heterocycles. The highest BCUT2D eigenvalue weighted by atomic mass is 15.3. The molecule has 90 valence electrons. The summed E-state index contributed by atoms with van der Waals surface area (Å²) in [6.45, 7) is 4.11. The zero-order valence-electron chi connectivity index (χ0n) is 10.3. The first-order chi connectivity index (χ1) is 8.40. The van der Waals surface area contributed by atoms with Gasteiger partial charge < -0.3 is 5.32 Å². The van der Waals surface area contributed by atoms with Crippen molar-refractivity contribution in [1.82, 2.24) is 15.1 Å². The van der Waals surface area contributed by atoms with Crippen molar-refractivity contribution in [2.24, 2.45) is 0 Å². The molecule has 0 atom stereocenters. The van der Waals surface area contributed by atoms with E-state index in [4.69, 9.17) is 0 Å². The van der Waals surface area contributed by atoms with Crippen LogP contribution < -0.4 is 5.32 Å². The number of rotatable bonds is 6. The molecule has 0 fully saturated rings. The van der Waals surface area contributed by atoms with Gasteiger partial charge in [-0.3, -0.25) is 0 Å². The fourth-order valence-corrected chi connectivity index (χ4v) is 1.70. The largest absolute Gasteiger partial charge is 0.311 e. The van der Waals surface area contributed by atoms with E-state index in [0.717, 1.165) is 24.5 Å². The smallest absolute Gasteiger partial charge is 0.0766 e. The quantitative estimate of drug-likeness (QED) is 0.772. The molecule has 2 rings (SSSR count). The van der Waals surface area contributed by atoms with Gasteiger partial charge in [-0.1, -0.05) is 31.5 Å². The predicted molar refractivity (Wildman–Crippen MR) is 70.2 cm³/mol. The van der Waals surface area contributed by atoms with Gasteiger partial charge in [0.15, 0.2) is 0 Å². The van der Waals surface area contributed by atoms with Crippen molar-refractivity contribution in [3.63, 3.8) is 0 Å². The number of nitrogens with zero attached hydrogens (tertiary/aromatic N) is 2. The molecule has 0 bridgehead atoms. The summed E-state index contributed by atoms with van der Waals surface area (Å²) < 4.78 is 1.91. The predicted octanol–water partition coefficient (Wildman–Crippen LogP) is 2.76. The fourth-order valence-electron chi connectivity index (χ4n) is 1.70. The summed E-state index contributed by atoms with van der Waals surface area (Å²) >= 11 is 0. The molecule has 0 amide bonds. The van der Waals surface area contributed by atoms with Crippen LogP contribution in [0.2, 0.25) is 0 Å². The van der Waals surface area contributed by atoms with Crippen LogP contribution in [0.5, 0.6) is 0 Å². The fraction of sp³-hybridized carbons (Fsp3) is 0.357. The van der Waals surface area contributed by atoms with E-state index in [1.165, 1.54) is 12.8 Å². The minimum atomic E-state index is 0.847. The highest BCUT2D eigenvalue weighted by Crippen LogP contribution is 2.06. The molecule has 0 aliphatic rings. The van der Waals surface area contributed by atoms with Crippen molar-refractivity contribution in [3.8, 4) is 5.69 Å². The topological polar surface area (TPSA) is 29.9 Å². The molecule has 0 radical (unpaired) electrons. The third-order valence-electron chi connectivity index (χ3n) is 2.68. The second-order valence-electron chi connectivity index (χ2n) is 4.12. The minimum absolute atomic E-state index is 0.847. The highest BCUT2D eigenvalue weighted by molar-refractivity contribution is 5.30. The Morgan fingerprint density at radius 1 is 1.18 bits per heavy atom. The van der Waals surface area contributed by atoms with E-state index in [1.54, 1.807) is 0 Å². The van der Waals surface area contributed by atoms with Crippen molar-refractivity contribution in [1.29, 1.82) is 0 Å². The summed E-state index contributed by atoms with van der Waals surface area (Å²) in [7, 11) is 0. The van der Waals surface area contributed by atoms with Crippen molar-refractivity contribution < 1.29 is 0 Å². The zero-order valence-corrected chi connectivity index (χ0v) is 10.3. The van der Waals surface area contributed by atoms with Gasteiger partial charge in [-0.15, -0.1) is 0 Å². The number of unbranched alkanes of at least 4 members (excludes halogenated alkanes) is 1. The molecule has 3 nitrogen and oxygen atoms in total. The summed E-state index contributed by atoms with van der Waals surface area (Å²) in [5.41, 5.74) is 2.19. The standard InChI is InChI=1S/C14H19N3/c1-2-3-10-15-12-13-9-11-17(16-13)14-7-5-4-6-8-14/h4-9,11,15H,2-3,10,12H2,1H3. The molecule has 1 N–H and O–H groups in total. The lowest BCUT2D eigenvalue weighted by atomic mass is 10.3. The van der Waals surface area contributed by atoms with Gasteiger partial charge in [-0.05, 0) is 31.2 Å². The number of benzene rings is 1. The van der Waals surface area contributed by atoms with Crippen molar-refractivity contribution in [2.75, 3.05) is 6.54 Å². The summed E-state index contributed by atoms with van der Waals surface area (Å²) in [6, 6.07) is 12.2. The molecule has 1 aromatic carbocycles. The Bertz CT molecular complexity index is 434. The first-order valence-electron chi connectivity index (χ1n) is 6.21. The van der Waals surface area contributed by atoms with Crippen LogP contribution in [0.15, 0.2) is 42.6 Å². The van der Waals surface area contributed by atoms with E-state index in [1.807, 2.05) is 29.1 Å². The Labute approximate surface area is 102 Å². The number of nitrogens with one attached hydrogen (secondary N) is 1. The van der Waals surface area contributed by atoms with E-state index in [-0.39, 0.29) is 0 Å². The van der Waals surface area contributed by atoms with Crippen molar-refractivity contribution >= 4 is 0 Å².